The van der Waals surface area contributed by atoms with Gasteiger partial charge in [0.2, 0.25) is 11.8 Å². The highest BCUT2D eigenvalue weighted by Gasteiger charge is 2.26. The van der Waals surface area contributed by atoms with Crippen molar-refractivity contribution in [3.05, 3.63) is 70.8 Å². The minimum atomic E-state index is -0.523. The number of carbonyl (C=O) groups excluding carboxylic acids is 2. The maximum Gasteiger partial charge on any atom is 0.242 e. The summed E-state index contributed by atoms with van der Waals surface area (Å²) in [4.78, 5) is 27.3. The lowest BCUT2D eigenvalue weighted by molar-refractivity contribution is -0.138. The molecular formula is C24H32N2O2S. The highest BCUT2D eigenvalue weighted by Crippen LogP contribution is 2.17. The fourth-order valence-corrected chi connectivity index (χ4v) is 3.99. The standard InChI is InChI=1S/C24H32N2O2S/c1-17(2)25-24(28)20(5)26(14-21-10-6-8-18(3)12-21)23(27)16-29-15-22-11-7-9-19(4)13-22/h6-13,17,20H,14-16H2,1-5H3,(H,25,28). The van der Waals surface area contributed by atoms with Gasteiger partial charge in [0, 0.05) is 18.3 Å². The van der Waals surface area contributed by atoms with Crippen molar-refractivity contribution < 1.29 is 9.59 Å². The van der Waals surface area contributed by atoms with Gasteiger partial charge in [-0.25, -0.2) is 0 Å². The summed E-state index contributed by atoms with van der Waals surface area (Å²) in [5.74, 6) is 0.984. The number of aryl methyl sites for hydroxylation is 2. The first-order chi connectivity index (χ1) is 13.8. The lowest BCUT2D eigenvalue weighted by atomic mass is 10.1. The Kier molecular flexibility index (Phi) is 8.77. The van der Waals surface area contributed by atoms with Gasteiger partial charge in [-0.3, -0.25) is 9.59 Å². The van der Waals surface area contributed by atoms with E-state index in [1.807, 2.05) is 45.0 Å². The van der Waals surface area contributed by atoms with Crippen LogP contribution in [-0.4, -0.2) is 34.6 Å². The Morgan fingerprint density at radius 2 is 1.55 bits per heavy atom. The van der Waals surface area contributed by atoms with Crippen LogP contribution in [0.1, 0.15) is 43.0 Å². The van der Waals surface area contributed by atoms with Gasteiger partial charge in [0.05, 0.1) is 5.75 Å². The van der Waals surface area contributed by atoms with E-state index in [9.17, 15) is 9.59 Å². The third-order valence-corrected chi connectivity index (χ3v) is 5.60. The molecule has 0 aliphatic rings. The molecular weight excluding hydrogens is 380 g/mol. The zero-order valence-electron chi connectivity index (χ0n) is 18.1. The second kappa shape index (κ2) is 11.1. The fraction of sp³-hybridized carbons (Fsp3) is 0.417. The second-order valence-corrected chi connectivity index (χ2v) is 8.82. The van der Waals surface area contributed by atoms with Crippen LogP contribution in [0.25, 0.3) is 0 Å². The molecule has 156 valence electrons. The maximum atomic E-state index is 13.0. The largest absolute Gasteiger partial charge is 0.352 e. The number of amides is 2. The molecule has 0 saturated heterocycles. The SMILES string of the molecule is Cc1cccc(CSCC(=O)N(Cc2cccc(C)c2)C(C)C(=O)NC(C)C)c1. The summed E-state index contributed by atoms with van der Waals surface area (Å²) >= 11 is 1.59. The van der Waals surface area contributed by atoms with Crippen molar-refractivity contribution in [2.24, 2.45) is 0 Å². The first-order valence-corrected chi connectivity index (χ1v) is 11.2. The Morgan fingerprint density at radius 3 is 2.14 bits per heavy atom. The van der Waals surface area contributed by atoms with Crippen molar-refractivity contribution >= 4 is 23.6 Å². The van der Waals surface area contributed by atoms with Gasteiger partial charge < -0.3 is 10.2 Å². The maximum absolute atomic E-state index is 13.0. The van der Waals surface area contributed by atoms with Gasteiger partial charge in [0.25, 0.3) is 0 Å². The van der Waals surface area contributed by atoms with Crippen LogP contribution in [0.4, 0.5) is 0 Å². The van der Waals surface area contributed by atoms with E-state index in [0.29, 0.717) is 12.3 Å². The second-order valence-electron chi connectivity index (χ2n) is 7.83. The number of thioether (sulfide) groups is 1. The molecule has 2 aromatic rings. The van der Waals surface area contributed by atoms with E-state index in [4.69, 9.17) is 0 Å². The Morgan fingerprint density at radius 1 is 0.966 bits per heavy atom. The molecule has 0 spiro atoms. The van der Waals surface area contributed by atoms with Gasteiger partial charge in [-0.2, -0.15) is 0 Å². The van der Waals surface area contributed by atoms with Crippen LogP contribution in [0.3, 0.4) is 0 Å². The average Bonchev–Trinajstić information content (AvgIpc) is 2.65. The van der Waals surface area contributed by atoms with Crippen molar-refractivity contribution in [1.82, 2.24) is 10.2 Å². The molecule has 2 amide bonds. The summed E-state index contributed by atoms with van der Waals surface area (Å²) in [7, 11) is 0. The zero-order valence-corrected chi connectivity index (χ0v) is 18.9. The van der Waals surface area contributed by atoms with Crippen LogP contribution in [0.15, 0.2) is 48.5 Å². The number of rotatable bonds is 9. The average molecular weight is 413 g/mol. The van der Waals surface area contributed by atoms with Crippen LogP contribution in [0.2, 0.25) is 0 Å². The van der Waals surface area contributed by atoms with E-state index in [0.717, 1.165) is 16.9 Å². The van der Waals surface area contributed by atoms with Crippen LogP contribution in [-0.2, 0) is 21.9 Å². The van der Waals surface area contributed by atoms with Crippen molar-refractivity contribution in [2.75, 3.05) is 5.75 Å². The molecule has 1 atom stereocenters. The van der Waals surface area contributed by atoms with Gasteiger partial charge in [-0.15, -0.1) is 11.8 Å². The van der Waals surface area contributed by atoms with Gasteiger partial charge >= 0.3 is 0 Å². The Labute approximate surface area is 179 Å². The van der Waals surface area contributed by atoms with Crippen molar-refractivity contribution in [1.29, 1.82) is 0 Å². The molecule has 0 radical (unpaired) electrons. The summed E-state index contributed by atoms with van der Waals surface area (Å²) in [5.41, 5.74) is 4.60. The lowest BCUT2D eigenvalue weighted by Gasteiger charge is -2.29. The predicted octanol–water partition coefficient (Wildman–Crippen LogP) is 4.48. The van der Waals surface area contributed by atoms with Crippen LogP contribution < -0.4 is 5.32 Å². The molecule has 0 bridgehead atoms. The topological polar surface area (TPSA) is 49.4 Å². The van der Waals surface area contributed by atoms with Crippen LogP contribution >= 0.6 is 11.8 Å². The molecule has 2 aromatic carbocycles. The van der Waals surface area contributed by atoms with Crippen LogP contribution in [0.5, 0.6) is 0 Å². The Bertz CT molecular complexity index is 835. The summed E-state index contributed by atoms with van der Waals surface area (Å²) in [6.07, 6.45) is 0. The molecule has 2 rings (SSSR count). The molecule has 0 aromatic heterocycles. The van der Waals surface area contributed by atoms with Gasteiger partial charge in [0.15, 0.2) is 0 Å². The molecule has 1 N–H and O–H groups in total. The van der Waals surface area contributed by atoms with Crippen LogP contribution in [0, 0.1) is 13.8 Å². The molecule has 0 heterocycles. The zero-order chi connectivity index (χ0) is 21.4. The molecule has 0 fully saturated rings. The number of benzene rings is 2. The Balaban J connectivity index is 2.07. The minimum absolute atomic E-state index is 0.0180. The first kappa shape index (κ1) is 23.0. The number of carbonyl (C=O) groups is 2. The van der Waals surface area contributed by atoms with E-state index < -0.39 is 6.04 Å². The van der Waals surface area contributed by atoms with Crippen molar-refractivity contribution in [2.45, 2.75) is 59.0 Å². The monoisotopic (exact) mass is 412 g/mol. The molecule has 0 aliphatic carbocycles. The normalized spacial score (nSPS) is 11.9. The lowest BCUT2D eigenvalue weighted by Crippen LogP contribution is -2.49. The summed E-state index contributed by atoms with van der Waals surface area (Å²) in [6.45, 7) is 10.2. The Hall–Kier alpha value is -2.27. The van der Waals surface area contributed by atoms with Crippen molar-refractivity contribution in [3.8, 4) is 0 Å². The van der Waals surface area contributed by atoms with E-state index in [-0.39, 0.29) is 17.9 Å². The molecule has 29 heavy (non-hydrogen) atoms. The van der Waals surface area contributed by atoms with Gasteiger partial charge in [-0.1, -0.05) is 59.7 Å². The third kappa shape index (κ3) is 7.58. The summed E-state index contributed by atoms with van der Waals surface area (Å²) < 4.78 is 0. The third-order valence-electron chi connectivity index (χ3n) is 4.61. The minimum Gasteiger partial charge on any atom is -0.352 e. The number of hydrogen-bond acceptors (Lipinski definition) is 3. The summed E-state index contributed by atoms with van der Waals surface area (Å²) in [5, 5.41) is 2.92. The molecule has 1 unspecified atom stereocenters. The van der Waals surface area contributed by atoms with E-state index in [1.54, 1.807) is 23.6 Å². The molecule has 4 nitrogen and oxygen atoms in total. The van der Waals surface area contributed by atoms with Crippen molar-refractivity contribution in [3.63, 3.8) is 0 Å². The highest BCUT2D eigenvalue weighted by molar-refractivity contribution is 7.99. The number of nitrogens with zero attached hydrogens (tertiary/aromatic N) is 1. The predicted molar refractivity (Wildman–Crippen MR) is 122 cm³/mol. The van der Waals surface area contributed by atoms with E-state index in [2.05, 4.69) is 36.5 Å². The smallest absolute Gasteiger partial charge is 0.242 e. The summed E-state index contributed by atoms with van der Waals surface area (Å²) in [6, 6.07) is 15.9. The molecule has 5 heteroatoms. The van der Waals surface area contributed by atoms with E-state index in [1.165, 1.54) is 11.1 Å². The fourth-order valence-electron chi connectivity index (χ4n) is 3.14. The molecule has 0 saturated carbocycles. The quantitative estimate of drug-likeness (QED) is 0.661. The first-order valence-electron chi connectivity index (χ1n) is 10.0. The number of hydrogen-bond donors (Lipinski definition) is 1. The van der Waals surface area contributed by atoms with Gasteiger partial charge in [0.1, 0.15) is 6.04 Å². The number of nitrogens with one attached hydrogen (secondary N) is 1. The molecule has 0 aliphatic heterocycles. The van der Waals surface area contributed by atoms with E-state index >= 15 is 0 Å². The van der Waals surface area contributed by atoms with Gasteiger partial charge in [-0.05, 0) is 45.7 Å². The highest BCUT2D eigenvalue weighted by atomic mass is 32.2.